The molecule has 0 unspecified atom stereocenters. The highest BCUT2D eigenvalue weighted by Crippen LogP contribution is 2.34. The van der Waals surface area contributed by atoms with Crippen LogP contribution in [0.4, 0.5) is 0 Å². The van der Waals surface area contributed by atoms with E-state index < -0.39 is 34.1 Å². The molecule has 5 nitrogen and oxygen atoms in total. The molecular weight excluding hydrogens is 326 g/mol. The standard InChI is InChI=1S/C18H19NO4S/c1-12-8-10-15(11-9-12)24(21,22)19-16-13(2)18(20)23-17(16)14-6-4-3-5-7-14/h3-11,13,16-17,19H,1-2H3/t13-,16-,17+/m0/s1. The van der Waals surface area contributed by atoms with Crippen molar-refractivity contribution in [1.29, 1.82) is 0 Å². The molecule has 24 heavy (non-hydrogen) atoms. The van der Waals surface area contributed by atoms with Crippen LogP contribution in [-0.2, 0) is 19.6 Å². The molecule has 3 rings (SSSR count). The lowest BCUT2D eigenvalue weighted by atomic mass is 9.96. The predicted molar refractivity (Wildman–Crippen MR) is 89.7 cm³/mol. The molecule has 0 radical (unpaired) electrons. The second-order valence-electron chi connectivity index (χ2n) is 6.02. The largest absolute Gasteiger partial charge is 0.455 e. The van der Waals surface area contributed by atoms with E-state index in [2.05, 4.69) is 4.72 Å². The first kappa shape index (κ1) is 16.7. The van der Waals surface area contributed by atoms with Crippen LogP contribution in [-0.4, -0.2) is 20.4 Å². The van der Waals surface area contributed by atoms with Crippen molar-refractivity contribution in [2.45, 2.75) is 30.9 Å². The number of esters is 1. The molecule has 0 bridgehead atoms. The smallest absolute Gasteiger partial charge is 0.311 e. The lowest BCUT2D eigenvalue weighted by molar-refractivity contribution is -0.144. The van der Waals surface area contributed by atoms with Crippen molar-refractivity contribution in [2.24, 2.45) is 5.92 Å². The number of rotatable bonds is 4. The summed E-state index contributed by atoms with van der Waals surface area (Å²) in [5.74, 6) is -0.962. The van der Waals surface area contributed by atoms with Gasteiger partial charge in [0.15, 0.2) is 0 Å². The molecule has 1 aliphatic heterocycles. The summed E-state index contributed by atoms with van der Waals surface area (Å²) in [6, 6.07) is 15.1. The fourth-order valence-electron chi connectivity index (χ4n) is 2.76. The van der Waals surface area contributed by atoms with E-state index in [0.29, 0.717) is 0 Å². The van der Waals surface area contributed by atoms with E-state index in [1.807, 2.05) is 37.3 Å². The second kappa shape index (κ2) is 6.37. The molecule has 6 heteroatoms. The van der Waals surface area contributed by atoms with Gasteiger partial charge in [-0.15, -0.1) is 0 Å². The lowest BCUT2D eigenvalue weighted by Gasteiger charge is -2.21. The molecule has 0 aromatic heterocycles. The van der Waals surface area contributed by atoms with Crippen LogP contribution in [0.25, 0.3) is 0 Å². The van der Waals surface area contributed by atoms with Gasteiger partial charge < -0.3 is 4.74 Å². The van der Waals surface area contributed by atoms with Gasteiger partial charge in [0, 0.05) is 0 Å². The highest BCUT2D eigenvalue weighted by atomic mass is 32.2. The number of carbonyl (C=O) groups is 1. The van der Waals surface area contributed by atoms with Gasteiger partial charge in [-0.2, -0.15) is 0 Å². The van der Waals surface area contributed by atoms with Gasteiger partial charge in [-0.3, -0.25) is 4.79 Å². The van der Waals surface area contributed by atoms with Crippen molar-refractivity contribution in [3.63, 3.8) is 0 Å². The van der Waals surface area contributed by atoms with Gasteiger partial charge in [0.2, 0.25) is 10.0 Å². The van der Waals surface area contributed by atoms with Gasteiger partial charge in [-0.25, -0.2) is 13.1 Å². The minimum atomic E-state index is -3.74. The van der Waals surface area contributed by atoms with E-state index in [1.165, 1.54) is 0 Å². The molecule has 1 saturated heterocycles. The first-order chi connectivity index (χ1) is 11.4. The zero-order chi connectivity index (χ0) is 17.3. The Bertz CT molecular complexity index is 831. The number of hydrogen-bond donors (Lipinski definition) is 1. The van der Waals surface area contributed by atoms with Gasteiger partial charge >= 0.3 is 5.97 Å². The van der Waals surface area contributed by atoms with Crippen LogP contribution in [0.2, 0.25) is 0 Å². The van der Waals surface area contributed by atoms with Gasteiger partial charge in [-0.05, 0) is 24.6 Å². The Balaban J connectivity index is 1.91. The van der Waals surface area contributed by atoms with Crippen LogP contribution in [0.3, 0.4) is 0 Å². The van der Waals surface area contributed by atoms with Crippen LogP contribution in [0.1, 0.15) is 24.2 Å². The molecule has 0 amide bonds. The Morgan fingerprint density at radius 3 is 2.25 bits per heavy atom. The summed E-state index contributed by atoms with van der Waals surface area (Å²) in [5.41, 5.74) is 1.75. The molecule has 126 valence electrons. The van der Waals surface area contributed by atoms with Crippen molar-refractivity contribution in [1.82, 2.24) is 4.72 Å². The topological polar surface area (TPSA) is 72.5 Å². The van der Waals surface area contributed by atoms with Crippen LogP contribution >= 0.6 is 0 Å². The number of hydrogen-bond acceptors (Lipinski definition) is 4. The van der Waals surface area contributed by atoms with E-state index in [4.69, 9.17) is 4.74 Å². The van der Waals surface area contributed by atoms with Crippen LogP contribution < -0.4 is 4.72 Å². The Morgan fingerprint density at radius 1 is 1.00 bits per heavy atom. The average Bonchev–Trinajstić information content (AvgIpc) is 2.84. The van der Waals surface area contributed by atoms with Crippen molar-refractivity contribution in [3.05, 3.63) is 65.7 Å². The maximum absolute atomic E-state index is 12.7. The van der Waals surface area contributed by atoms with Gasteiger partial charge in [0.05, 0.1) is 16.9 Å². The number of cyclic esters (lactones) is 1. The van der Waals surface area contributed by atoms with Crippen LogP contribution in [0.15, 0.2) is 59.5 Å². The van der Waals surface area contributed by atoms with Crippen LogP contribution in [0.5, 0.6) is 0 Å². The molecule has 1 aliphatic rings. The summed E-state index contributed by atoms with van der Waals surface area (Å²) >= 11 is 0. The zero-order valence-corrected chi connectivity index (χ0v) is 14.3. The SMILES string of the molecule is Cc1ccc(S(=O)(=O)N[C@H]2[C@H](C)C(=O)O[C@@H]2c2ccccc2)cc1. The quantitative estimate of drug-likeness (QED) is 0.865. The Hall–Kier alpha value is -2.18. The van der Waals surface area contributed by atoms with Crippen LogP contribution in [0, 0.1) is 12.8 Å². The summed E-state index contributed by atoms with van der Waals surface area (Å²) in [6.45, 7) is 3.56. The van der Waals surface area contributed by atoms with E-state index in [0.717, 1.165) is 11.1 Å². The van der Waals surface area contributed by atoms with E-state index >= 15 is 0 Å². The summed E-state index contributed by atoms with van der Waals surface area (Å²) in [6.07, 6.45) is -0.631. The number of carbonyl (C=O) groups excluding carboxylic acids is 1. The molecule has 2 aromatic rings. The molecule has 1 fully saturated rings. The predicted octanol–water partition coefficient (Wildman–Crippen LogP) is 2.58. The third-order valence-corrected chi connectivity index (χ3v) is 5.71. The minimum absolute atomic E-state index is 0.173. The first-order valence-electron chi connectivity index (χ1n) is 7.73. The molecule has 1 N–H and O–H groups in total. The number of benzene rings is 2. The van der Waals surface area contributed by atoms with Crippen molar-refractivity contribution >= 4 is 16.0 Å². The minimum Gasteiger partial charge on any atom is -0.455 e. The molecule has 0 aliphatic carbocycles. The zero-order valence-electron chi connectivity index (χ0n) is 13.5. The fourth-order valence-corrected chi connectivity index (χ4v) is 4.08. The van der Waals surface area contributed by atoms with E-state index in [-0.39, 0.29) is 4.90 Å². The normalized spacial score (nSPS) is 23.9. The summed E-state index contributed by atoms with van der Waals surface area (Å²) in [4.78, 5) is 12.2. The number of aryl methyl sites for hydroxylation is 1. The number of ether oxygens (including phenoxy) is 1. The third kappa shape index (κ3) is 3.20. The maximum Gasteiger partial charge on any atom is 0.311 e. The first-order valence-corrected chi connectivity index (χ1v) is 9.21. The Kier molecular flexibility index (Phi) is 4.43. The van der Waals surface area contributed by atoms with Gasteiger partial charge in [0.1, 0.15) is 6.10 Å². The molecule has 0 spiro atoms. The highest BCUT2D eigenvalue weighted by Gasteiger charge is 2.44. The monoisotopic (exact) mass is 345 g/mol. The average molecular weight is 345 g/mol. The summed E-state index contributed by atoms with van der Waals surface area (Å²) in [5, 5.41) is 0. The Morgan fingerprint density at radius 2 is 1.62 bits per heavy atom. The molecular formula is C18H19NO4S. The third-order valence-electron chi connectivity index (χ3n) is 4.23. The highest BCUT2D eigenvalue weighted by molar-refractivity contribution is 7.89. The maximum atomic E-state index is 12.7. The van der Waals surface area contributed by atoms with Gasteiger partial charge in [-0.1, -0.05) is 55.0 Å². The number of nitrogens with one attached hydrogen (secondary N) is 1. The summed E-state index contributed by atoms with van der Waals surface area (Å²) in [7, 11) is -3.74. The van der Waals surface area contributed by atoms with Crippen molar-refractivity contribution in [3.8, 4) is 0 Å². The van der Waals surface area contributed by atoms with E-state index in [1.54, 1.807) is 31.2 Å². The number of sulfonamides is 1. The molecule has 2 aromatic carbocycles. The second-order valence-corrected chi connectivity index (χ2v) is 7.73. The van der Waals surface area contributed by atoms with Gasteiger partial charge in [0.25, 0.3) is 0 Å². The van der Waals surface area contributed by atoms with Crippen molar-refractivity contribution < 1.29 is 17.9 Å². The summed E-state index contributed by atoms with van der Waals surface area (Å²) < 4.78 is 33.4. The van der Waals surface area contributed by atoms with Crippen molar-refractivity contribution in [2.75, 3.05) is 0 Å². The fraction of sp³-hybridized carbons (Fsp3) is 0.278. The molecule has 0 saturated carbocycles. The Labute approximate surface area is 141 Å². The lowest BCUT2D eigenvalue weighted by Crippen LogP contribution is -2.40. The molecule has 1 heterocycles. The molecule has 3 atom stereocenters. The van der Waals surface area contributed by atoms with E-state index in [9.17, 15) is 13.2 Å².